The van der Waals surface area contributed by atoms with Crippen LogP contribution in [0.4, 0.5) is 13.2 Å². The smallest absolute Gasteiger partial charge is 0.350 e. The summed E-state index contributed by atoms with van der Waals surface area (Å²) in [7, 11) is 0. The van der Waals surface area contributed by atoms with Crippen LogP contribution in [0.1, 0.15) is 24.7 Å². The van der Waals surface area contributed by atoms with Crippen molar-refractivity contribution in [2.45, 2.75) is 31.7 Å². The minimum absolute atomic E-state index is 0.0103. The fourth-order valence-corrected chi connectivity index (χ4v) is 2.05. The molecule has 6 nitrogen and oxygen atoms in total. The van der Waals surface area contributed by atoms with Crippen molar-refractivity contribution in [2.75, 3.05) is 0 Å². The van der Waals surface area contributed by atoms with Gasteiger partial charge in [0, 0.05) is 12.0 Å². The summed E-state index contributed by atoms with van der Waals surface area (Å²) in [5.74, 6) is -2.39. The van der Waals surface area contributed by atoms with Crippen molar-refractivity contribution in [3.63, 3.8) is 0 Å². The second-order valence-corrected chi connectivity index (χ2v) is 5.03. The van der Waals surface area contributed by atoms with Gasteiger partial charge in [-0.1, -0.05) is 29.4 Å². The molecule has 0 saturated heterocycles. The summed E-state index contributed by atoms with van der Waals surface area (Å²) < 4.78 is 43.1. The number of hydrogen-bond donors (Lipinski definition) is 1. The van der Waals surface area contributed by atoms with Crippen LogP contribution in [0, 0.1) is 0 Å². The van der Waals surface area contributed by atoms with Gasteiger partial charge < -0.3 is 14.5 Å². The lowest BCUT2D eigenvalue weighted by molar-refractivity contribution is -0.355. The number of aromatic nitrogens is 2. The Morgan fingerprint density at radius 2 is 1.87 bits per heavy atom. The largest absolute Gasteiger partial charge is 0.458 e. The molecule has 2 aromatic rings. The molecule has 1 unspecified atom stereocenters. The monoisotopic (exact) mass is 327 g/mol. The van der Waals surface area contributed by atoms with Crippen LogP contribution < -0.4 is 0 Å². The highest BCUT2D eigenvalue weighted by molar-refractivity contribution is 6.01. The molecule has 122 valence electrons. The number of halogens is 3. The van der Waals surface area contributed by atoms with E-state index in [1.165, 1.54) is 0 Å². The first kappa shape index (κ1) is 15.5. The third-order valence-corrected chi connectivity index (χ3v) is 3.41. The van der Waals surface area contributed by atoms with Crippen LogP contribution in [0.2, 0.25) is 0 Å². The van der Waals surface area contributed by atoms with Crippen molar-refractivity contribution in [3.8, 4) is 11.5 Å². The molecule has 9 heteroatoms. The van der Waals surface area contributed by atoms with Gasteiger partial charge in [-0.3, -0.25) is 0 Å². The number of aliphatic hydroxyl groups is 1. The quantitative estimate of drug-likeness (QED) is 0.937. The van der Waals surface area contributed by atoms with Gasteiger partial charge in [-0.25, -0.2) is 0 Å². The number of oxime groups is 1. The second-order valence-electron chi connectivity index (χ2n) is 5.03. The highest BCUT2D eigenvalue weighted by Gasteiger charge is 2.60. The van der Waals surface area contributed by atoms with Crippen molar-refractivity contribution >= 4 is 5.71 Å². The summed E-state index contributed by atoms with van der Waals surface area (Å²) in [6, 6.07) is 6.34. The molecule has 2 heterocycles. The molecule has 0 spiro atoms. The zero-order valence-corrected chi connectivity index (χ0v) is 12.0. The van der Waals surface area contributed by atoms with E-state index in [1.807, 2.05) is 6.92 Å². The zero-order valence-electron chi connectivity index (χ0n) is 12.0. The summed E-state index contributed by atoms with van der Waals surface area (Å²) >= 11 is 0. The van der Waals surface area contributed by atoms with Crippen LogP contribution >= 0.6 is 0 Å². The Hall–Kier alpha value is -2.42. The van der Waals surface area contributed by atoms with Crippen molar-refractivity contribution < 1.29 is 27.6 Å². The SMILES string of the molecule is CCc1noc(-c2ccc(C3=NOC(O)(C(F)(F)F)C3)cc2)n1. The molecule has 1 aromatic heterocycles. The Morgan fingerprint density at radius 1 is 1.22 bits per heavy atom. The van der Waals surface area contributed by atoms with E-state index in [9.17, 15) is 18.3 Å². The van der Waals surface area contributed by atoms with Crippen LogP contribution in [-0.2, 0) is 11.3 Å². The minimum Gasteiger partial charge on any atom is -0.350 e. The summed E-state index contributed by atoms with van der Waals surface area (Å²) in [5.41, 5.74) is 1.05. The molecule has 1 N–H and O–H groups in total. The molecule has 0 fully saturated rings. The van der Waals surface area contributed by atoms with Gasteiger partial charge in [0.05, 0.1) is 12.1 Å². The average molecular weight is 327 g/mol. The lowest BCUT2D eigenvalue weighted by Crippen LogP contribution is -2.45. The summed E-state index contributed by atoms with van der Waals surface area (Å²) in [6.45, 7) is 1.89. The summed E-state index contributed by atoms with van der Waals surface area (Å²) in [6.07, 6.45) is -5.05. The number of rotatable bonds is 3. The number of benzene rings is 1. The van der Waals surface area contributed by atoms with E-state index in [0.29, 0.717) is 29.3 Å². The normalized spacial score (nSPS) is 21.2. The highest BCUT2D eigenvalue weighted by Crippen LogP contribution is 2.39. The molecule has 0 radical (unpaired) electrons. The molecule has 0 saturated carbocycles. The van der Waals surface area contributed by atoms with Gasteiger partial charge in [0.1, 0.15) is 0 Å². The molecular weight excluding hydrogens is 315 g/mol. The molecule has 23 heavy (non-hydrogen) atoms. The van der Waals surface area contributed by atoms with E-state index in [1.54, 1.807) is 24.3 Å². The van der Waals surface area contributed by atoms with E-state index in [2.05, 4.69) is 20.1 Å². The van der Waals surface area contributed by atoms with Crippen molar-refractivity contribution in [3.05, 3.63) is 35.7 Å². The predicted octanol–water partition coefficient (Wildman–Crippen LogP) is 2.67. The second kappa shape index (κ2) is 5.34. The fourth-order valence-electron chi connectivity index (χ4n) is 2.05. The Kier molecular flexibility index (Phi) is 3.59. The standard InChI is InChI=1S/C14H12F3N3O3/c1-2-11-18-12(22-20-11)9-5-3-8(4-6-9)10-7-13(21,23-19-10)14(15,16)17/h3-6,21H,2,7H2,1H3. The van der Waals surface area contributed by atoms with Gasteiger partial charge in [-0.2, -0.15) is 18.2 Å². The molecule has 1 aliphatic heterocycles. The van der Waals surface area contributed by atoms with Crippen LogP contribution in [0.5, 0.6) is 0 Å². The number of nitrogens with zero attached hydrogens (tertiary/aromatic N) is 3. The van der Waals surface area contributed by atoms with Crippen molar-refractivity contribution in [1.29, 1.82) is 0 Å². The molecule has 1 aliphatic rings. The van der Waals surface area contributed by atoms with Crippen LogP contribution in [-0.4, -0.2) is 32.9 Å². The highest BCUT2D eigenvalue weighted by atomic mass is 19.4. The van der Waals surface area contributed by atoms with Gasteiger partial charge in [-0.05, 0) is 17.7 Å². The maximum Gasteiger partial charge on any atom is 0.458 e. The van der Waals surface area contributed by atoms with Crippen LogP contribution in [0.3, 0.4) is 0 Å². The average Bonchev–Trinajstić information content (AvgIpc) is 3.14. The van der Waals surface area contributed by atoms with Gasteiger partial charge in [-0.15, -0.1) is 0 Å². The number of alkyl halides is 3. The first-order chi connectivity index (χ1) is 10.8. The van der Waals surface area contributed by atoms with E-state index >= 15 is 0 Å². The molecule has 0 aliphatic carbocycles. The first-order valence-electron chi connectivity index (χ1n) is 6.80. The van der Waals surface area contributed by atoms with Gasteiger partial charge >= 0.3 is 12.0 Å². The fraction of sp³-hybridized carbons (Fsp3) is 0.357. The molecule has 1 aromatic carbocycles. The third-order valence-electron chi connectivity index (χ3n) is 3.41. The Bertz CT molecular complexity index is 740. The Labute approximate surface area is 128 Å². The molecule has 1 atom stereocenters. The zero-order chi connectivity index (χ0) is 16.7. The molecular formula is C14H12F3N3O3. The van der Waals surface area contributed by atoms with Crippen LogP contribution in [0.25, 0.3) is 11.5 Å². The predicted molar refractivity (Wildman–Crippen MR) is 72.4 cm³/mol. The maximum absolute atomic E-state index is 12.7. The number of aryl methyl sites for hydroxylation is 1. The lowest BCUT2D eigenvalue weighted by Gasteiger charge is -2.22. The Balaban J connectivity index is 1.78. The van der Waals surface area contributed by atoms with E-state index in [4.69, 9.17) is 4.52 Å². The molecule has 0 amide bonds. The molecule has 3 rings (SSSR count). The lowest BCUT2D eigenvalue weighted by atomic mass is 10.0. The van der Waals surface area contributed by atoms with E-state index in [-0.39, 0.29) is 5.71 Å². The summed E-state index contributed by atoms with van der Waals surface area (Å²) in [5, 5.41) is 16.5. The van der Waals surface area contributed by atoms with E-state index < -0.39 is 18.4 Å². The number of hydrogen-bond acceptors (Lipinski definition) is 6. The van der Waals surface area contributed by atoms with Gasteiger partial charge in [0.25, 0.3) is 5.89 Å². The van der Waals surface area contributed by atoms with Gasteiger partial charge in [0.2, 0.25) is 0 Å². The van der Waals surface area contributed by atoms with Crippen molar-refractivity contribution in [1.82, 2.24) is 10.1 Å². The first-order valence-corrected chi connectivity index (χ1v) is 6.80. The molecule has 0 bridgehead atoms. The third kappa shape index (κ3) is 2.79. The van der Waals surface area contributed by atoms with E-state index in [0.717, 1.165) is 0 Å². The van der Waals surface area contributed by atoms with Crippen LogP contribution in [0.15, 0.2) is 33.9 Å². The summed E-state index contributed by atoms with van der Waals surface area (Å²) in [4.78, 5) is 8.34. The van der Waals surface area contributed by atoms with Crippen molar-refractivity contribution in [2.24, 2.45) is 5.16 Å². The minimum atomic E-state index is -4.92. The Morgan fingerprint density at radius 3 is 2.39 bits per heavy atom. The topological polar surface area (TPSA) is 80.7 Å². The maximum atomic E-state index is 12.7. The van der Waals surface area contributed by atoms with Gasteiger partial charge in [0.15, 0.2) is 5.82 Å².